The molecular formula is C7H9NOS. The van der Waals surface area contributed by atoms with Crippen molar-refractivity contribution in [2.24, 2.45) is 0 Å². The summed E-state index contributed by atoms with van der Waals surface area (Å²) in [6.45, 7) is 0. The molecule has 1 rings (SSSR count). The average Bonchev–Trinajstić information content (AvgIpc) is 2.33. The Labute approximate surface area is 64.1 Å². The van der Waals surface area contributed by atoms with Crippen LogP contribution in [0.15, 0.2) is 11.4 Å². The van der Waals surface area contributed by atoms with Crippen LogP contribution in [0.4, 0.5) is 5.69 Å². The van der Waals surface area contributed by atoms with Crippen molar-refractivity contribution in [3.05, 3.63) is 16.3 Å². The van der Waals surface area contributed by atoms with Gasteiger partial charge in [0.05, 0.1) is 10.6 Å². The smallest absolute Gasteiger partial charge is 0.162 e. The number of anilines is 1. The lowest BCUT2D eigenvalue weighted by Crippen LogP contribution is -2.08. The molecule has 1 aromatic heterocycles. The molecule has 0 atom stereocenters. The Morgan fingerprint density at radius 2 is 2.30 bits per heavy atom. The van der Waals surface area contributed by atoms with Crippen molar-refractivity contribution in [3.8, 4) is 0 Å². The zero-order chi connectivity index (χ0) is 7.56. The van der Waals surface area contributed by atoms with E-state index in [9.17, 15) is 4.79 Å². The molecule has 10 heavy (non-hydrogen) atoms. The van der Waals surface area contributed by atoms with Crippen molar-refractivity contribution in [1.29, 1.82) is 0 Å². The maximum Gasteiger partial charge on any atom is 0.162 e. The average molecular weight is 155 g/mol. The van der Waals surface area contributed by atoms with Crippen molar-refractivity contribution in [3.63, 3.8) is 0 Å². The third-order valence-corrected chi connectivity index (χ3v) is 2.09. The van der Waals surface area contributed by atoms with E-state index >= 15 is 0 Å². The first-order valence-corrected chi connectivity index (χ1v) is 3.83. The first-order chi connectivity index (χ1) is 4.75. The van der Waals surface area contributed by atoms with Crippen LogP contribution in [-0.2, 0) is 0 Å². The van der Waals surface area contributed by atoms with Crippen LogP contribution in [0.1, 0.15) is 9.67 Å². The molecule has 0 saturated carbocycles. The van der Waals surface area contributed by atoms with Gasteiger partial charge in [-0.2, -0.15) is 0 Å². The Morgan fingerprint density at radius 3 is 2.70 bits per heavy atom. The molecule has 0 N–H and O–H groups in total. The molecule has 0 fully saturated rings. The van der Waals surface area contributed by atoms with Gasteiger partial charge in [0.2, 0.25) is 0 Å². The molecule has 0 aliphatic carbocycles. The summed E-state index contributed by atoms with van der Waals surface area (Å²) in [6, 6.07) is 1.94. The highest BCUT2D eigenvalue weighted by atomic mass is 32.1. The molecule has 0 spiro atoms. The second kappa shape index (κ2) is 2.84. The zero-order valence-electron chi connectivity index (χ0n) is 6.00. The molecule has 0 saturated heterocycles. The minimum atomic E-state index is 0.796. The molecule has 3 heteroatoms. The molecule has 0 radical (unpaired) electrons. The van der Waals surface area contributed by atoms with Crippen LogP contribution in [0.5, 0.6) is 0 Å². The minimum Gasteiger partial charge on any atom is -0.376 e. The Bertz CT molecular complexity index is 229. The third-order valence-electron chi connectivity index (χ3n) is 1.26. The number of rotatable bonds is 2. The van der Waals surface area contributed by atoms with Crippen LogP contribution in [0.25, 0.3) is 0 Å². The van der Waals surface area contributed by atoms with Crippen molar-refractivity contribution in [2.75, 3.05) is 19.0 Å². The quantitative estimate of drug-likeness (QED) is 0.605. The third kappa shape index (κ3) is 1.19. The Morgan fingerprint density at radius 1 is 1.60 bits per heavy atom. The van der Waals surface area contributed by atoms with Gasteiger partial charge in [0, 0.05) is 14.1 Å². The number of carbonyl (C=O) groups is 1. The van der Waals surface area contributed by atoms with E-state index in [1.807, 2.05) is 30.4 Å². The van der Waals surface area contributed by atoms with Crippen LogP contribution < -0.4 is 4.90 Å². The van der Waals surface area contributed by atoms with E-state index in [1.165, 1.54) is 11.3 Å². The summed E-state index contributed by atoms with van der Waals surface area (Å²) in [5.41, 5.74) is 1.00. The van der Waals surface area contributed by atoms with Crippen molar-refractivity contribution in [1.82, 2.24) is 0 Å². The van der Waals surface area contributed by atoms with E-state index in [2.05, 4.69) is 0 Å². The van der Waals surface area contributed by atoms with Crippen LogP contribution in [-0.4, -0.2) is 20.4 Å². The summed E-state index contributed by atoms with van der Waals surface area (Å²) in [4.78, 5) is 13.1. The fraction of sp³-hybridized carbons (Fsp3) is 0.286. The SMILES string of the molecule is CN(C)c1ccsc1C=O. The summed E-state index contributed by atoms with van der Waals surface area (Å²) in [6.07, 6.45) is 0.889. The molecule has 0 amide bonds. The largest absolute Gasteiger partial charge is 0.376 e. The molecule has 0 aliphatic heterocycles. The minimum absolute atomic E-state index is 0.796. The maximum atomic E-state index is 10.4. The summed E-state index contributed by atoms with van der Waals surface area (Å²) in [5, 5.41) is 1.92. The van der Waals surface area contributed by atoms with Gasteiger partial charge in [0.1, 0.15) is 0 Å². The molecule has 1 aromatic rings. The van der Waals surface area contributed by atoms with Gasteiger partial charge in [-0.3, -0.25) is 4.79 Å². The van der Waals surface area contributed by atoms with E-state index in [-0.39, 0.29) is 0 Å². The van der Waals surface area contributed by atoms with Crippen LogP contribution in [0.2, 0.25) is 0 Å². The van der Waals surface area contributed by atoms with Gasteiger partial charge in [0.25, 0.3) is 0 Å². The molecule has 2 nitrogen and oxygen atoms in total. The first-order valence-electron chi connectivity index (χ1n) is 2.95. The number of hydrogen-bond acceptors (Lipinski definition) is 3. The van der Waals surface area contributed by atoms with Gasteiger partial charge in [-0.25, -0.2) is 0 Å². The van der Waals surface area contributed by atoms with Gasteiger partial charge in [-0.05, 0) is 11.4 Å². The summed E-state index contributed by atoms with van der Waals surface area (Å²) in [5.74, 6) is 0. The highest BCUT2D eigenvalue weighted by molar-refractivity contribution is 7.12. The molecule has 0 aliphatic rings. The number of thiophene rings is 1. The highest BCUT2D eigenvalue weighted by Gasteiger charge is 2.02. The number of hydrogen-bond donors (Lipinski definition) is 0. The molecule has 0 unspecified atom stereocenters. The lowest BCUT2D eigenvalue weighted by molar-refractivity contribution is 0.112. The monoisotopic (exact) mass is 155 g/mol. The topological polar surface area (TPSA) is 20.3 Å². The van der Waals surface area contributed by atoms with Gasteiger partial charge in [-0.1, -0.05) is 0 Å². The zero-order valence-corrected chi connectivity index (χ0v) is 6.81. The fourth-order valence-electron chi connectivity index (χ4n) is 0.772. The summed E-state index contributed by atoms with van der Waals surface area (Å²) >= 11 is 1.47. The van der Waals surface area contributed by atoms with E-state index < -0.39 is 0 Å². The van der Waals surface area contributed by atoms with Crippen molar-refractivity contribution < 1.29 is 4.79 Å². The second-order valence-corrected chi connectivity index (χ2v) is 3.13. The molecule has 54 valence electrons. The normalized spacial score (nSPS) is 9.40. The molecule has 1 heterocycles. The second-order valence-electron chi connectivity index (χ2n) is 2.18. The number of carbonyl (C=O) groups excluding carboxylic acids is 1. The fourth-order valence-corrected chi connectivity index (χ4v) is 1.54. The Hall–Kier alpha value is -0.830. The van der Waals surface area contributed by atoms with E-state index in [1.54, 1.807) is 0 Å². The standard InChI is InChI=1S/C7H9NOS/c1-8(2)6-3-4-10-7(6)5-9/h3-5H,1-2H3. The lowest BCUT2D eigenvalue weighted by Gasteiger charge is -2.09. The van der Waals surface area contributed by atoms with Crippen LogP contribution in [0.3, 0.4) is 0 Å². The molecular weight excluding hydrogens is 146 g/mol. The molecule has 0 bridgehead atoms. The molecule has 0 aromatic carbocycles. The van der Waals surface area contributed by atoms with E-state index in [4.69, 9.17) is 0 Å². The van der Waals surface area contributed by atoms with Crippen molar-refractivity contribution in [2.45, 2.75) is 0 Å². The lowest BCUT2D eigenvalue weighted by atomic mass is 10.4. The predicted octanol–water partition coefficient (Wildman–Crippen LogP) is 1.63. The van der Waals surface area contributed by atoms with Gasteiger partial charge in [0.15, 0.2) is 6.29 Å². The van der Waals surface area contributed by atoms with E-state index in [0.29, 0.717) is 0 Å². The maximum absolute atomic E-state index is 10.4. The Kier molecular flexibility index (Phi) is 2.06. The first kappa shape index (κ1) is 7.28. The van der Waals surface area contributed by atoms with Crippen LogP contribution in [0, 0.1) is 0 Å². The highest BCUT2D eigenvalue weighted by Crippen LogP contribution is 2.21. The summed E-state index contributed by atoms with van der Waals surface area (Å²) in [7, 11) is 3.85. The predicted molar refractivity (Wildman–Crippen MR) is 44.0 cm³/mol. The van der Waals surface area contributed by atoms with E-state index in [0.717, 1.165) is 16.9 Å². The van der Waals surface area contributed by atoms with Gasteiger partial charge >= 0.3 is 0 Å². The van der Waals surface area contributed by atoms with Gasteiger partial charge < -0.3 is 4.90 Å². The van der Waals surface area contributed by atoms with Crippen LogP contribution >= 0.6 is 11.3 Å². The van der Waals surface area contributed by atoms with Crippen molar-refractivity contribution >= 4 is 23.3 Å². The number of aldehydes is 1. The van der Waals surface area contributed by atoms with Gasteiger partial charge in [-0.15, -0.1) is 11.3 Å². The summed E-state index contributed by atoms with van der Waals surface area (Å²) < 4.78 is 0. The number of nitrogens with zero attached hydrogens (tertiary/aromatic N) is 1. The Balaban J connectivity index is 3.01.